The molecule has 0 amide bonds. The molecular formula is C20H33N3O3. The van der Waals surface area contributed by atoms with Crippen LogP contribution in [0.1, 0.15) is 51.2 Å². The number of benzene rings is 1. The van der Waals surface area contributed by atoms with E-state index in [0.29, 0.717) is 17.5 Å². The van der Waals surface area contributed by atoms with Gasteiger partial charge < -0.3 is 25.2 Å². The van der Waals surface area contributed by atoms with Gasteiger partial charge in [-0.3, -0.25) is 4.99 Å². The van der Waals surface area contributed by atoms with E-state index in [1.54, 1.807) is 26.4 Å². The Balaban J connectivity index is 1.99. The molecule has 0 heterocycles. The van der Waals surface area contributed by atoms with Gasteiger partial charge in [-0.15, -0.1) is 0 Å². The fraction of sp³-hybridized carbons (Fsp3) is 0.650. The van der Waals surface area contributed by atoms with Gasteiger partial charge in [0.15, 0.2) is 17.5 Å². The van der Waals surface area contributed by atoms with Crippen LogP contribution < -0.4 is 20.1 Å². The summed E-state index contributed by atoms with van der Waals surface area (Å²) in [6.45, 7) is 5.44. The summed E-state index contributed by atoms with van der Waals surface area (Å²) in [6, 6.07) is 5.89. The van der Waals surface area contributed by atoms with Crippen LogP contribution in [0.5, 0.6) is 11.5 Å². The molecule has 6 nitrogen and oxygen atoms in total. The van der Waals surface area contributed by atoms with Gasteiger partial charge in [0.1, 0.15) is 0 Å². The number of nitrogens with zero attached hydrogens (tertiary/aromatic N) is 1. The van der Waals surface area contributed by atoms with Crippen LogP contribution in [0.4, 0.5) is 0 Å². The molecule has 1 atom stereocenters. The molecule has 0 aromatic heterocycles. The van der Waals surface area contributed by atoms with Gasteiger partial charge in [0.05, 0.1) is 26.9 Å². The minimum atomic E-state index is -0.698. The van der Waals surface area contributed by atoms with Crippen LogP contribution in [0.3, 0.4) is 0 Å². The van der Waals surface area contributed by atoms with Crippen LogP contribution in [0.15, 0.2) is 23.2 Å². The lowest BCUT2D eigenvalue weighted by atomic mass is 9.87. The molecule has 1 aliphatic carbocycles. The van der Waals surface area contributed by atoms with Crippen molar-refractivity contribution < 1.29 is 14.6 Å². The highest BCUT2D eigenvalue weighted by Gasteiger charge is 2.19. The lowest BCUT2D eigenvalue weighted by Gasteiger charge is -2.28. The van der Waals surface area contributed by atoms with E-state index in [-0.39, 0.29) is 6.54 Å². The highest BCUT2D eigenvalue weighted by atomic mass is 16.5. The molecule has 1 aromatic rings. The minimum Gasteiger partial charge on any atom is -0.493 e. The van der Waals surface area contributed by atoms with Gasteiger partial charge in [0.25, 0.3) is 0 Å². The molecule has 2 rings (SSSR count). The SMILES string of the molecule is CCNC(=NCC(O)c1ccc(OC)c(OC)c1)NC1CCC(C)CC1. The zero-order valence-electron chi connectivity index (χ0n) is 16.4. The summed E-state index contributed by atoms with van der Waals surface area (Å²) >= 11 is 0. The van der Waals surface area contributed by atoms with E-state index < -0.39 is 6.10 Å². The average molecular weight is 364 g/mol. The Morgan fingerprint density at radius 1 is 1.19 bits per heavy atom. The summed E-state index contributed by atoms with van der Waals surface area (Å²) in [6.07, 6.45) is 4.15. The van der Waals surface area contributed by atoms with E-state index >= 15 is 0 Å². The zero-order chi connectivity index (χ0) is 18.9. The summed E-state index contributed by atoms with van der Waals surface area (Å²) in [5.41, 5.74) is 0.758. The maximum atomic E-state index is 10.5. The Morgan fingerprint density at radius 3 is 2.50 bits per heavy atom. The lowest BCUT2D eigenvalue weighted by Crippen LogP contribution is -2.45. The number of aliphatic imine (C=N–C) groups is 1. The van der Waals surface area contributed by atoms with E-state index in [4.69, 9.17) is 9.47 Å². The van der Waals surface area contributed by atoms with Crippen LogP contribution in [0.25, 0.3) is 0 Å². The first-order valence-corrected chi connectivity index (χ1v) is 9.52. The smallest absolute Gasteiger partial charge is 0.191 e. The highest BCUT2D eigenvalue weighted by molar-refractivity contribution is 5.80. The lowest BCUT2D eigenvalue weighted by molar-refractivity contribution is 0.186. The molecule has 1 aromatic carbocycles. The molecule has 26 heavy (non-hydrogen) atoms. The van der Waals surface area contributed by atoms with Gasteiger partial charge in [-0.25, -0.2) is 0 Å². The fourth-order valence-electron chi connectivity index (χ4n) is 3.26. The van der Waals surface area contributed by atoms with E-state index in [2.05, 4.69) is 22.5 Å². The normalized spacial score (nSPS) is 21.8. The van der Waals surface area contributed by atoms with Gasteiger partial charge in [-0.1, -0.05) is 13.0 Å². The summed E-state index contributed by atoms with van der Waals surface area (Å²) in [5.74, 6) is 2.84. The van der Waals surface area contributed by atoms with E-state index in [1.165, 1.54) is 25.7 Å². The summed E-state index contributed by atoms with van der Waals surface area (Å²) in [7, 11) is 3.18. The third-order valence-electron chi connectivity index (χ3n) is 4.92. The molecule has 1 aliphatic rings. The van der Waals surface area contributed by atoms with E-state index in [9.17, 15) is 5.11 Å². The standard InChI is InChI=1S/C20H33N3O3/c1-5-21-20(23-16-9-6-14(2)7-10-16)22-13-17(24)15-8-11-18(25-3)19(12-15)26-4/h8,11-12,14,16-17,24H,5-7,9-10,13H2,1-4H3,(H2,21,22,23). The van der Waals surface area contributed by atoms with Crippen molar-refractivity contribution in [1.82, 2.24) is 10.6 Å². The van der Waals surface area contributed by atoms with Crippen molar-refractivity contribution >= 4 is 5.96 Å². The van der Waals surface area contributed by atoms with Crippen molar-refractivity contribution in [2.45, 2.75) is 51.7 Å². The topological polar surface area (TPSA) is 75.1 Å². The molecule has 1 saturated carbocycles. The van der Waals surface area contributed by atoms with Crippen molar-refractivity contribution in [2.24, 2.45) is 10.9 Å². The Hall–Kier alpha value is -1.95. The van der Waals surface area contributed by atoms with Gasteiger partial charge in [-0.05, 0) is 56.2 Å². The first kappa shape index (κ1) is 20.4. The summed E-state index contributed by atoms with van der Waals surface area (Å²) in [4.78, 5) is 4.57. The molecule has 3 N–H and O–H groups in total. The Bertz CT molecular complexity index is 584. The quantitative estimate of drug-likeness (QED) is 0.513. The van der Waals surface area contributed by atoms with Gasteiger partial charge in [-0.2, -0.15) is 0 Å². The van der Waals surface area contributed by atoms with Crippen LogP contribution in [0, 0.1) is 5.92 Å². The highest BCUT2D eigenvalue weighted by Crippen LogP contribution is 2.30. The Kier molecular flexibility index (Phi) is 8.04. The number of hydrogen-bond donors (Lipinski definition) is 3. The summed E-state index contributed by atoms with van der Waals surface area (Å²) in [5, 5.41) is 17.3. The molecule has 146 valence electrons. The summed E-state index contributed by atoms with van der Waals surface area (Å²) < 4.78 is 10.5. The van der Waals surface area contributed by atoms with Gasteiger partial charge in [0, 0.05) is 12.6 Å². The number of ether oxygens (including phenoxy) is 2. The Labute approximate surface area is 157 Å². The molecule has 6 heteroatoms. The average Bonchev–Trinajstić information content (AvgIpc) is 2.67. The van der Waals surface area contributed by atoms with E-state index in [0.717, 1.165) is 24.0 Å². The van der Waals surface area contributed by atoms with Crippen LogP contribution in [-0.4, -0.2) is 44.4 Å². The number of aliphatic hydroxyl groups excluding tert-OH is 1. The van der Waals surface area contributed by atoms with Gasteiger partial charge in [0.2, 0.25) is 0 Å². The van der Waals surface area contributed by atoms with Gasteiger partial charge >= 0.3 is 0 Å². The number of aliphatic hydroxyl groups is 1. The van der Waals surface area contributed by atoms with Crippen LogP contribution >= 0.6 is 0 Å². The molecule has 0 saturated heterocycles. The molecule has 0 bridgehead atoms. The molecule has 0 radical (unpaired) electrons. The first-order chi connectivity index (χ1) is 12.6. The number of hydrogen-bond acceptors (Lipinski definition) is 4. The maximum Gasteiger partial charge on any atom is 0.191 e. The van der Waals surface area contributed by atoms with Crippen LogP contribution in [0.2, 0.25) is 0 Å². The second-order valence-corrected chi connectivity index (χ2v) is 6.95. The monoisotopic (exact) mass is 363 g/mol. The molecule has 0 spiro atoms. The van der Waals surface area contributed by atoms with Crippen molar-refractivity contribution in [3.05, 3.63) is 23.8 Å². The maximum absolute atomic E-state index is 10.5. The van der Waals surface area contributed by atoms with Crippen molar-refractivity contribution in [2.75, 3.05) is 27.3 Å². The van der Waals surface area contributed by atoms with Crippen LogP contribution in [-0.2, 0) is 0 Å². The van der Waals surface area contributed by atoms with Crippen molar-refractivity contribution in [3.63, 3.8) is 0 Å². The zero-order valence-corrected chi connectivity index (χ0v) is 16.4. The molecule has 1 fully saturated rings. The predicted octanol–water partition coefficient (Wildman–Crippen LogP) is 2.87. The van der Waals surface area contributed by atoms with E-state index in [1.807, 2.05) is 13.0 Å². The molecular weight excluding hydrogens is 330 g/mol. The number of guanidine groups is 1. The number of rotatable bonds is 7. The van der Waals surface area contributed by atoms with Crippen molar-refractivity contribution in [1.29, 1.82) is 0 Å². The second kappa shape index (κ2) is 10.3. The predicted molar refractivity (Wildman–Crippen MR) is 105 cm³/mol. The Morgan fingerprint density at radius 2 is 1.88 bits per heavy atom. The minimum absolute atomic E-state index is 0.286. The molecule has 1 unspecified atom stereocenters. The molecule has 0 aliphatic heterocycles. The largest absolute Gasteiger partial charge is 0.493 e. The van der Waals surface area contributed by atoms with Crippen molar-refractivity contribution in [3.8, 4) is 11.5 Å². The second-order valence-electron chi connectivity index (χ2n) is 6.95. The first-order valence-electron chi connectivity index (χ1n) is 9.52. The third kappa shape index (κ3) is 5.80. The fourth-order valence-corrected chi connectivity index (χ4v) is 3.26. The number of nitrogens with one attached hydrogen (secondary N) is 2. The number of methoxy groups -OCH3 is 2. The third-order valence-corrected chi connectivity index (χ3v) is 4.92.